The van der Waals surface area contributed by atoms with E-state index in [1.54, 1.807) is 6.07 Å². The van der Waals surface area contributed by atoms with E-state index in [2.05, 4.69) is 15.9 Å². The number of rotatable bonds is 1. The Morgan fingerprint density at radius 1 is 2.00 bits per heavy atom. The Labute approximate surface area is 41.1 Å². The van der Waals surface area contributed by atoms with Gasteiger partial charge in [-0.05, 0) is 0 Å². The highest BCUT2D eigenvalue weighted by molar-refractivity contribution is 4.89. The zero-order valence-corrected chi connectivity index (χ0v) is 3.72. The average molecular weight is 97.1 g/mol. The third kappa shape index (κ3) is 0.778. The van der Waals surface area contributed by atoms with Crippen molar-refractivity contribution in [2.75, 3.05) is 0 Å². The minimum absolute atomic E-state index is 0.399. The van der Waals surface area contributed by atoms with Crippen LogP contribution in [-0.4, -0.2) is 5.16 Å². The smallest absolute Gasteiger partial charge is 0.150 e. The molecule has 0 aliphatic carbocycles. The summed E-state index contributed by atoms with van der Waals surface area (Å²) < 4.78 is 4.55. The quantitative estimate of drug-likeness (QED) is 0.533. The molecule has 0 spiro atoms. The minimum atomic E-state index is 0.399. The monoisotopic (exact) mass is 97.0 g/mol. The fraction of sp³-hybridized carbons (Fsp3) is 0.250. The van der Waals surface area contributed by atoms with Crippen molar-refractivity contribution in [2.24, 2.45) is 5.73 Å². The summed E-state index contributed by atoms with van der Waals surface area (Å²) in [5.74, 6) is 0.667. The van der Waals surface area contributed by atoms with Crippen molar-refractivity contribution in [3.8, 4) is 0 Å². The molecule has 0 saturated carbocycles. The molecule has 0 atom stereocenters. The first kappa shape index (κ1) is 4.33. The van der Waals surface area contributed by atoms with Gasteiger partial charge in [-0.3, -0.25) is 0 Å². The van der Waals surface area contributed by atoms with E-state index >= 15 is 0 Å². The molecule has 0 saturated heterocycles. The minimum Gasteiger partial charge on any atom is -0.359 e. The van der Waals surface area contributed by atoms with Crippen LogP contribution in [0.15, 0.2) is 10.6 Å². The molecule has 1 heterocycles. The summed E-state index contributed by atoms with van der Waals surface area (Å²) in [5, 5.41) is 3.31. The molecule has 37 valence electrons. The molecule has 0 aliphatic heterocycles. The predicted molar refractivity (Wildman–Crippen MR) is 23.2 cm³/mol. The van der Waals surface area contributed by atoms with Crippen LogP contribution in [0.5, 0.6) is 0 Å². The number of hydrogen-bond acceptors (Lipinski definition) is 3. The van der Waals surface area contributed by atoms with Crippen molar-refractivity contribution in [1.29, 1.82) is 0 Å². The molecule has 7 heavy (non-hydrogen) atoms. The highest BCUT2D eigenvalue weighted by Gasteiger charge is 1.87. The van der Waals surface area contributed by atoms with E-state index in [0.29, 0.717) is 12.3 Å². The molecule has 1 aromatic heterocycles. The zero-order chi connectivity index (χ0) is 5.11. The van der Waals surface area contributed by atoms with Crippen LogP contribution in [0.3, 0.4) is 0 Å². The van der Waals surface area contributed by atoms with Crippen LogP contribution in [0.1, 0.15) is 5.76 Å². The van der Waals surface area contributed by atoms with Gasteiger partial charge < -0.3 is 10.3 Å². The van der Waals surface area contributed by atoms with E-state index in [1.165, 1.54) is 0 Å². The Bertz CT molecular complexity index is 124. The first-order chi connectivity index (χ1) is 3.43. The van der Waals surface area contributed by atoms with Gasteiger partial charge in [0, 0.05) is 6.07 Å². The van der Waals surface area contributed by atoms with Gasteiger partial charge in [-0.25, -0.2) is 0 Å². The van der Waals surface area contributed by atoms with E-state index < -0.39 is 0 Å². The van der Waals surface area contributed by atoms with Gasteiger partial charge in [0.25, 0.3) is 0 Å². The Balaban J connectivity index is 2.76. The second-order valence-electron chi connectivity index (χ2n) is 1.13. The predicted octanol–water partition coefficient (Wildman–Crippen LogP) is -0.0665. The number of hydrogen-bond donors (Lipinski definition) is 1. The highest BCUT2D eigenvalue weighted by atomic mass is 16.5. The maximum Gasteiger partial charge on any atom is 0.150 e. The van der Waals surface area contributed by atoms with Gasteiger partial charge in [0.2, 0.25) is 0 Å². The van der Waals surface area contributed by atoms with E-state index in [1.807, 2.05) is 0 Å². The normalized spacial score (nSPS) is 9.29. The van der Waals surface area contributed by atoms with E-state index in [9.17, 15) is 0 Å². The van der Waals surface area contributed by atoms with Crippen molar-refractivity contribution in [2.45, 2.75) is 6.54 Å². The van der Waals surface area contributed by atoms with Gasteiger partial charge in [0.1, 0.15) is 6.20 Å². The molecule has 3 heteroatoms. The largest absolute Gasteiger partial charge is 0.359 e. The molecule has 0 fully saturated rings. The van der Waals surface area contributed by atoms with Crippen LogP contribution in [0.2, 0.25) is 0 Å². The first-order valence-electron chi connectivity index (χ1n) is 1.95. The molecule has 2 N–H and O–H groups in total. The van der Waals surface area contributed by atoms with Gasteiger partial charge in [0.15, 0.2) is 5.76 Å². The zero-order valence-electron chi connectivity index (χ0n) is 3.72. The van der Waals surface area contributed by atoms with Gasteiger partial charge in [-0.15, -0.1) is 0 Å². The third-order valence-corrected chi connectivity index (χ3v) is 0.642. The molecular weight excluding hydrogens is 92.1 g/mol. The Kier molecular flexibility index (Phi) is 1.08. The third-order valence-electron chi connectivity index (χ3n) is 0.642. The van der Waals surface area contributed by atoms with Crippen LogP contribution in [0, 0.1) is 6.20 Å². The fourth-order valence-electron chi connectivity index (χ4n) is 0.306. The molecule has 0 unspecified atom stereocenters. The molecule has 0 aromatic carbocycles. The van der Waals surface area contributed by atoms with Crippen LogP contribution < -0.4 is 5.73 Å². The van der Waals surface area contributed by atoms with Crippen LogP contribution in [-0.2, 0) is 6.54 Å². The van der Waals surface area contributed by atoms with Crippen molar-refractivity contribution >= 4 is 0 Å². The fourth-order valence-corrected chi connectivity index (χ4v) is 0.306. The highest BCUT2D eigenvalue weighted by Crippen LogP contribution is 1.90. The summed E-state index contributed by atoms with van der Waals surface area (Å²) in [7, 11) is 0. The van der Waals surface area contributed by atoms with Crippen molar-refractivity contribution in [1.82, 2.24) is 5.16 Å². The second-order valence-corrected chi connectivity index (χ2v) is 1.13. The lowest BCUT2D eigenvalue weighted by molar-refractivity contribution is 0.384. The number of aromatic nitrogens is 1. The molecule has 0 aliphatic rings. The first-order valence-corrected chi connectivity index (χ1v) is 1.95. The standard InChI is InChI=1S/C4H5N2O/c5-3-4-1-2-6-7-4/h1H,3,5H2. The van der Waals surface area contributed by atoms with Crippen molar-refractivity contribution in [3.63, 3.8) is 0 Å². The molecule has 1 radical (unpaired) electrons. The lowest BCUT2D eigenvalue weighted by Gasteiger charge is -1.77. The van der Waals surface area contributed by atoms with E-state index in [4.69, 9.17) is 5.73 Å². The Morgan fingerprint density at radius 2 is 2.86 bits per heavy atom. The van der Waals surface area contributed by atoms with Crippen LogP contribution in [0.25, 0.3) is 0 Å². The number of nitrogens with two attached hydrogens (primary N) is 1. The summed E-state index contributed by atoms with van der Waals surface area (Å²) in [5.41, 5.74) is 5.14. The molecular formula is C4H5N2O. The number of nitrogens with zero attached hydrogens (tertiary/aromatic N) is 1. The van der Waals surface area contributed by atoms with Crippen LogP contribution in [0.4, 0.5) is 0 Å². The van der Waals surface area contributed by atoms with Gasteiger partial charge >= 0.3 is 0 Å². The topological polar surface area (TPSA) is 52.0 Å². The molecule has 1 aromatic rings. The lowest BCUT2D eigenvalue weighted by atomic mass is 10.5. The van der Waals surface area contributed by atoms with Gasteiger partial charge in [-0.1, -0.05) is 5.16 Å². The Hall–Kier alpha value is -0.830. The van der Waals surface area contributed by atoms with Crippen molar-refractivity contribution < 1.29 is 4.52 Å². The molecule has 1 rings (SSSR count). The van der Waals surface area contributed by atoms with Crippen molar-refractivity contribution in [3.05, 3.63) is 18.0 Å². The molecule has 0 amide bonds. The lowest BCUT2D eigenvalue weighted by Crippen LogP contribution is -1.92. The maximum absolute atomic E-state index is 5.14. The summed E-state index contributed by atoms with van der Waals surface area (Å²) in [4.78, 5) is 0. The summed E-state index contributed by atoms with van der Waals surface area (Å²) >= 11 is 0. The summed E-state index contributed by atoms with van der Waals surface area (Å²) in [6, 6.07) is 1.61. The SMILES string of the molecule is NCc1c[c]no1. The van der Waals surface area contributed by atoms with Gasteiger partial charge in [0.05, 0.1) is 6.54 Å². The summed E-state index contributed by atoms with van der Waals surface area (Å²) in [6.07, 6.45) is 2.48. The van der Waals surface area contributed by atoms with Gasteiger partial charge in [-0.2, -0.15) is 0 Å². The van der Waals surface area contributed by atoms with E-state index in [-0.39, 0.29) is 0 Å². The Morgan fingerprint density at radius 3 is 3.14 bits per heavy atom. The second kappa shape index (κ2) is 1.75. The maximum atomic E-state index is 5.14. The van der Waals surface area contributed by atoms with Crippen LogP contribution >= 0.6 is 0 Å². The average Bonchev–Trinajstić information content (AvgIpc) is 2.14. The molecule has 3 nitrogen and oxygen atoms in total. The van der Waals surface area contributed by atoms with E-state index in [0.717, 1.165) is 0 Å². The summed E-state index contributed by atoms with van der Waals surface area (Å²) in [6.45, 7) is 0.399. The molecule has 0 bridgehead atoms.